The summed E-state index contributed by atoms with van der Waals surface area (Å²) in [6.07, 6.45) is 0.839. The molecule has 15 heavy (non-hydrogen) atoms. The molecule has 1 saturated heterocycles. The van der Waals surface area contributed by atoms with Crippen molar-refractivity contribution in [2.24, 2.45) is 5.92 Å². The molecule has 0 aromatic carbocycles. The lowest BCUT2D eigenvalue weighted by Crippen LogP contribution is -2.16. The summed E-state index contributed by atoms with van der Waals surface area (Å²) in [4.78, 5) is 16.4. The first-order chi connectivity index (χ1) is 7.18. The van der Waals surface area contributed by atoms with Crippen LogP contribution >= 0.6 is 0 Å². The third-order valence-corrected chi connectivity index (χ3v) is 2.79. The molecule has 3 heteroatoms. The number of aryl methyl sites for hydroxylation is 2. The average Bonchev–Trinajstić information content (AvgIpc) is 2.69. The Morgan fingerprint density at radius 1 is 1.47 bits per heavy atom. The van der Waals surface area contributed by atoms with Gasteiger partial charge in [-0.15, -0.1) is 0 Å². The van der Waals surface area contributed by atoms with Crippen LogP contribution in [-0.2, 0) is 4.74 Å². The highest BCUT2D eigenvalue weighted by atomic mass is 16.5. The molecule has 1 aliphatic heterocycles. The minimum absolute atomic E-state index is 0.0354. The average molecular weight is 205 g/mol. The number of hydrogen-bond donors (Lipinski definition) is 0. The lowest BCUT2D eigenvalue weighted by atomic mass is 9.96. The van der Waals surface area contributed by atoms with Gasteiger partial charge in [0.05, 0.1) is 6.61 Å². The molecule has 1 unspecified atom stereocenters. The zero-order chi connectivity index (χ0) is 10.8. The van der Waals surface area contributed by atoms with Crippen molar-refractivity contribution < 1.29 is 9.53 Å². The highest BCUT2D eigenvalue weighted by molar-refractivity contribution is 5.98. The van der Waals surface area contributed by atoms with Crippen LogP contribution in [0.3, 0.4) is 0 Å². The van der Waals surface area contributed by atoms with Gasteiger partial charge in [0.1, 0.15) is 0 Å². The van der Waals surface area contributed by atoms with Gasteiger partial charge in [-0.3, -0.25) is 9.78 Å². The molecule has 0 amide bonds. The van der Waals surface area contributed by atoms with Gasteiger partial charge in [-0.1, -0.05) is 0 Å². The molecule has 0 saturated carbocycles. The van der Waals surface area contributed by atoms with E-state index in [1.165, 1.54) is 0 Å². The number of carbonyl (C=O) groups excluding carboxylic acids is 1. The summed E-state index contributed by atoms with van der Waals surface area (Å²) in [5, 5.41) is 0. The number of ether oxygens (including phenoxy) is 1. The van der Waals surface area contributed by atoms with Gasteiger partial charge in [-0.2, -0.15) is 0 Å². The molecule has 0 spiro atoms. The zero-order valence-corrected chi connectivity index (χ0v) is 9.12. The van der Waals surface area contributed by atoms with Gasteiger partial charge in [0.2, 0.25) is 0 Å². The van der Waals surface area contributed by atoms with Gasteiger partial charge in [0.25, 0.3) is 0 Å². The fourth-order valence-corrected chi connectivity index (χ4v) is 1.91. The lowest BCUT2D eigenvalue weighted by Gasteiger charge is -2.09. The van der Waals surface area contributed by atoms with E-state index in [-0.39, 0.29) is 11.7 Å². The molecule has 1 fully saturated rings. The van der Waals surface area contributed by atoms with Crippen LogP contribution in [0, 0.1) is 19.8 Å². The van der Waals surface area contributed by atoms with Crippen LogP contribution in [0.5, 0.6) is 0 Å². The van der Waals surface area contributed by atoms with Crippen molar-refractivity contribution in [2.45, 2.75) is 20.3 Å². The van der Waals surface area contributed by atoms with E-state index < -0.39 is 0 Å². The Bertz CT molecular complexity index is 381. The molecule has 2 rings (SSSR count). The van der Waals surface area contributed by atoms with Crippen LogP contribution in [-0.4, -0.2) is 24.0 Å². The second-order valence-electron chi connectivity index (χ2n) is 4.01. The van der Waals surface area contributed by atoms with Crippen LogP contribution in [0.4, 0.5) is 0 Å². The number of aromatic nitrogens is 1. The minimum atomic E-state index is 0.0354. The normalized spacial score (nSPS) is 20.5. The highest BCUT2D eigenvalue weighted by Gasteiger charge is 2.25. The first kappa shape index (κ1) is 10.3. The summed E-state index contributed by atoms with van der Waals surface area (Å²) in [6, 6.07) is 3.76. The summed E-state index contributed by atoms with van der Waals surface area (Å²) in [5.74, 6) is 0.214. The summed E-state index contributed by atoms with van der Waals surface area (Å²) in [5.41, 5.74) is 2.52. The number of hydrogen-bond acceptors (Lipinski definition) is 3. The molecule has 1 aromatic rings. The fourth-order valence-electron chi connectivity index (χ4n) is 1.91. The maximum Gasteiger partial charge on any atom is 0.170 e. The standard InChI is InChI=1S/C12H15NO2/c1-8-3-4-11(9(2)13-8)12(14)10-5-6-15-7-10/h3-4,10H,5-7H2,1-2H3. The predicted octanol–water partition coefficient (Wildman–Crippen LogP) is 1.92. The smallest absolute Gasteiger partial charge is 0.170 e. The van der Waals surface area contributed by atoms with Gasteiger partial charge in [0.15, 0.2) is 5.78 Å². The first-order valence-corrected chi connectivity index (χ1v) is 5.24. The van der Waals surface area contributed by atoms with E-state index in [1.54, 1.807) is 0 Å². The van der Waals surface area contributed by atoms with Crippen molar-refractivity contribution in [1.29, 1.82) is 0 Å². The van der Waals surface area contributed by atoms with Gasteiger partial charge < -0.3 is 4.74 Å². The van der Waals surface area contributed by atoms with E-state index in [0.717, 1.165) is 23.4 Å². The van der Waals surface area contributed by atoms with E-state index in [0.29, 0.717) is 13.2 Å². The summed E-state index contributed by atoms with van der Waals surface area (Å²) in [7, 11) is 0. The fraction of sp³-hybridized carbons (Fsp3) is 0.500. The molecule has 3 nitrogen and oxygen atoms in total. The van der Waals surface area contributed by atoms with Crippen molar-refractivity contribution in [3.63, 3.8) is 0 Å². The SMILES string of the molecule is Cc1ccc(C(=O)C2CCOC2)c(C)n1. The molecule has 1 atom stereocenters. The number of nitrogens with zero attached hydrogens (tertiary/aromatic N) is 1. The molecule has 0 bridgehead atoms. The Kier molecular flexibility index (Phi) is 2.82. The van der Waals surface area contributed by atoms with Crippen molar-refractivity contribution in [1.82, 2.24) is 4.98 Å². The maximum atomic E-state index is 12.1. The van der Waals surface area contributed by atoms with Crippen molar-refractivity contribution >= 4 is 5.78 Å². The van der Waals surface area contributed by atoms with Crippen LogP contribution < -0.4 is 0 Å². The number of pyridine rings is 1. The molecular weight excluding hydrogens is 190 g/mol. The number of Topliss-reactive ketones (excluding diaryl/α,β-unsaturated/α-hetero) is 1. The van der Waals surface area contributed by atoms with Crippen molar-refractivity contribution in [2.75, 3.05) is 13.2 Å². The first-order valence-electron chi connectivity index (χ1n) is 5.24. The van der Waals surface area contributed by atoms with Gasteiger partial charge in [0, 0.05) is 29.5 Å². The molecule has 2 heterocycles. The van der Waals surface area contributed by atoms with E-state index in [9.17, 15) is 4.79 Å². The predicted molar refractivity (Wildman–Crippen MR) is 57.0 cm³/mol. The second kappa shape index (κ2) is 4.11. The topological polar surface area (TPSA) is 39.2 Å². The largest absolute Gasteiger partial charge is 0.381 e. The second-order valence-corrected chi connectivity index (χ2v) is 4.01. The van der Waals surface area contributed by atoms with Gasteiger partial charge >= 0.3 is 0 Å². The van der Waals surface area contributed by atoms with Crippen molar-refractivity contribution in [3.8, 4) is 0 Å². The van der Waals surface area contributed by atoms with Crippen LogP contribution in [0.2, 0.25) is 0 Å². The summed E-state index contributed by atoms with van der Waals surface area (Å²) >= 11 is 0. The van der Waals surface area contributed by atoms with Gasteiger partial charge in [-0.25, -0.2) is 0 Å². The Balaban J connectivity index is 2.24. The van der Waals surface area contributed by atoms with Crippen LogP contribution in [0.25, 0.3) is 0 Å². The summed E-state index contributed by atoms with van der Waals surface area (Å²) < 4.78 is 5.22. The summed E-state index contributed by atoms with van der Waals surface area (Å²) in [6.45, 7) is 5.08. The Labute approximate surface area is 89.5 Å². The quantitative estimate of drug-likeness (QED) is 0.692. The van der Waals surface area contributed by atoms with Crippen LogP contribution in [0.1, 0.15) is 28.2 Å². The lowest BCUT2D eigenvalue weighted by molar-refractivity contribution is 0.0899. The number of carbonyl (C=O) groups is 1. The Morgan fingerprint density at radius 3 is 2.87 bits per heavy atom. The number of rotatable bonds is 2. The Hall–Kier alpha value is -1.22. The maximum absolute atomic E-state index is 12.1. The molecule has 0 radical (unpaired) electrons. The zero-order valence-electron chi connectivity index (χ0n) is 9.12. The molecule has 0 aliphatic carbocycles. The monoisotopic (exact) mass is 205 g/mol. The van der Waals surface area contributed by atoms with E-state index in [2.05, 4.69) is 4.98 Å². The molecule has 1 aromatic heterocycles. The van der Waals surface area contributed by atoms with Crippen LogP contribution in [0.15, 0.2) is 12.1 Å². The molecule has 1 aliphatic rings. The molecule has 0 N–H and O–H groups in total. The Morgan fingerprint density at radius 2 is 2.27 bits per heavy atom. The third-order valence-electron chi connectivity index (χ3n) is 2.79. The highest BCUT2D eigenvalue weighted by Crippen LogP contribution is 2.19. The van der Waals surface area contributed by atoms with E-state index in [1.807, 2.05) is 26.0 Å². The van der Waals surface area contributed by atoms with E-state index >= 15 is 0 Å². The van der Waals surface area contributed by atoms with Gasteiger partial charge in [-0.05, 0) is 32.4 Å². The van der Waals surface area contributed by atoms with E-state index in [4.69, 9.17) is 4.74 Å². The minimum Gasteiger partial charge on any atom is -0.381 e. The third kappa shape index (κ3) is 2.07. The molecule has 80 valence electrons. The molecular formula is C12H15NO2. The number of ketones is 1. The van der Waals surface area contributed by atoms with Crippen molar-refractivity contribution in [3.05, 3.63) is 29.1 Å².